The maximum atomic E-state index is 13.5. The topological polar surface area (TPSA) is 71.1 Å². The molecule has 102 valence electrons. The molecule has 0 fully saturated rings. The monoisotopic (exact) mass is 335 g/mol. The van der Waals surface area contributed by atoms with Gasteiger partial charge in [-0.05, 0) is 34.1 Å². The van der Waals surface area contributed by atoms with Crippen LogP contribution in [0.4, 0.5) is 21.5 Å². The molecular formula is C14H11BrFN3O. The normalized spacial score (nSPS) is 9.90. The summed E-state index contributed by atoms with van der Waals surface area (Å²) >= 11 is 3.36. The molecule has 0 saturated heterocycles. The minimum atomic E-state index is -0.519. The molecule has 0 unspecified atom stereocenters. The minimum absolute atomic E-state index is 0.103. The number of nitrogens with zero attached hydrogens (tertiary/aromatic N) is 1. The van der Waals surface area contributed by atoms with Gasteiger partial charge in [-0.15, -0.1) is 0 Å². The van der Waals surface area contributed by atoms with Crippen LogP contribution < -0.4 is 15.8 Å². The Labute approximate surface area is 124 Å². The number of nitrogens with two attached hydrogens (primary N) is 1. The first kappa shape index (κ1) is 14.2. The van der Waals surface area contributed by atoms with Gasteiger partial charge in [0, 0.05) is 16.6 Å². The first-order chi connectivity index (χ1) is 9.55. The fraction of sp³-hybridized carbons (Fsp3) is 0.0714. The van der Waals surface area contributed by atoms with Crippen LogP contribution in [-0.4, -0.2) is 7.11 Å². The first-order valence-electron chi connectivity index (χ1n) is 5.65. The standard InChI is InChI=1S/C14H11BrFN3O/c1-20-14-6-13(11(18)5-10(14)16)19-12-3-2-8(7-17)4-9(12)15/h2-6,19H,18H2,1H3. The van der Waals surface area contributed by atoms with E-state index < -0.39 is 5.82 Å². The molecule has 0 amide bonds. The molecule has 0 aliphatic carbocycles. The number of hydrogen-bond donors (Lipinski definition) is 2. The van der Waals surface area contributed by atoms with E-state index in [0.29, 0.717) is 21.4 Å². The van der Waals surface area contributed by atoms with Gasteiger partial charge in [0.25, 0.3) is 0 Å². The Kier molecular flexibility index (Phi) is 4.11. The van der Waals surface area contributed by atoms with Gasteiger partial charge in [-0.25, -0.2) is 4.39 Å². The molecule has 0 bridgehead atoms. The molecule has 0 aliphatic heterocycles. The van der Waals surface area contributed by atoms with Crippen LogP contribution in [0.1, 0.15) is 5.56 Å². The van der Waals surface area contributed by atoms with E-state index in [1.165, 1.54) is 19.2 Å². The average Bonchev–Trinajstić information content (AvgIpc) is 2.43. The van der Waals surface area contributed by atoms with Gasteiger partial charge in [-0.2, -0.15) is 5.26 Å². The van der Waals surface area contributed by atoms with Crippen molar-refractivity contribution in [3.63, 3.8) is 0 Å². The first-order valence-corrected chi connectivity index (χ1v) is 6.44. The number of nitrogens with one attached hydrogen (secondary N) is 1. The number of anilines is 3. The van der Waals surface area contributed by atoms with Crippen LogP contribution in [0.3, 0.4) is 0 Å². The van der Waals surface area contributed by atoms with Gasteiger partial charge in [0.2, 0.25) is 0 Å². The van der Waals surface area contributed by atoms with E-state index in [-0.39, 0.29) is 11.4 Å². The van der Waals surface area contributed by atoms with Crippen LogP contribution in [0, 0.1) is 17.1 Å². The van der Waals surface area contributed by atoms with Crippen molar-refractivity contribution in [1.82, 2.24) is 0 Å². The van der Waals surface area contributed by atoms with Crippen molar-refractivity contribution < 1.29 is 9.13 Å². The molecule has 0 aliphatic rings. The van der Waals surface area contributed by atoms with Crippen LogP contribution in [0.15, 0.2) is 34.8 Å². The SMILES string of the molecule is COc1cc(Nc2ccc(C#N)cc2Br)c(N)cc1F. The highest BCUT2D eigenvalue weighted by atomic mass is 79.9. The third kappa shape index (κ3) is 2.83. The molecule has 6 heteroatoms. The molecule has 0 spiro atoms. The molecule has 0 radical (unpaired) electrons. The summed E-state index contributed by atoms with van der Waals surface area (Å²) in [6.45, 7) is 0. The van der Waals surface area contributed by atoms with Crippen molar-refractivity contribution in [2.75, 3.05) is 18.2 Å². The third-order valence-electron chi connectivity index (χ3n) is 2.69. The van der Waals surface area contributed by atoms with E-state index in [9.17, 15) is 4.39 Å². The lowest BCUT2D eigenvalue weighted by molar-refractivity contribution is 0.387. The van der Waals surface area contributed by atoms with Gasteiger partial charge in [0.1, 0.15) is 0 Å². The summed E-state index contributed by atoms with van der Waals surface area (Å²) in [5.74, 6) is -0.416. The predicted octanol–water partition coefficient (Wildman–Crippen LogP) is 3.79. The summed E-state index contributed by atoms with van der Waals surface area (Å²) in [6, 6.07) is 9.80. The Hall–Kier alpha value is -2.26. The van der Waals surface area contributed by atoms with Gasteiger partial charge in [-0.1, -0.05) is 0 Å². The zero-order chi connectivity index (χ0) is 14.7. The number of nitrogen functional groups attached to an aromatic ring is 1. The van der Waals surface area contributed by atoms with Crippen molar-refractivity contribution in [2.45, 2.75) is 0 Å². The average molecular weight is 336 g/mol. The lowest BCUT2D eigenvalue weighted by Crippen LogP contribution is -2.00. The highest BCUT2D eigenvalue weighted by molar-refractivity contribution is 9.10. The molecule has 2 aromatic rings. The minimum Gasteiger partial charge on any atom is -0.494 e. The lowest BCUT2D eigenvalue weighted by atomic mass is 10.2. The fourth-order valence-corrected chi connectivity index (χ4v) is 2.14. The molecular weight excluding hydrogens is 325 g/mol. The zero-order valence-electron chi connectivity index (χ0n) is 10.6. The molecule has 0 saturated carbocycles. The molecule has 20 heavy (non-hydrogen) atoms. The van der Waals surface area contributed by atoms with E-state index in [1.54, 1.807) is 18.2 Å². The van der Waals surface area contributed by atoms with E-state index in [2.05, 4.69) is 21.2 Å². The number of halogens is 2. The van der Waals surface area contributed by atoms with E-state index >= 15 is 0 Å². The summed E-state index contributed by atoms with van der Waals surface area (Å²) < 4.78 is 19.1. The highest BCUT2D eigenvalue weighted by Crippen LogP contribution is 2.33. The number of ether oxygens (including phenoxy) is 1. The van der Waals surface area contributed by atoms with E-state index in [4.69, 9.17) is 15.7 Å². The maximum absolute atomic E-state index is 13.5. The molecule has 0 atom stereocenters. The van der Waals surface area contributed by atoms with Gasteiger partial charge >= 0.3 is 0 Å². The van der Waals surface area contributed by atoms with Gasteiger partial charge in [-0.3, -0.25) is 0 Å². The van der Waals surface area contributed by atoms with Crippen LogP contribution in [0.25, 0.3) is 0 Å². The molecule has 4 nitrogen and oxygen atoms in total. The number of hydrogen-bond acceptors (Lipinski definition) is 4. The molecule has 0 heterocycles. The fourth-order valence-electron chi connectivity index (χ4n) is 1.66. The lowest BCUT2D eigenvalue weighted by Gasteiger charge is -2.13. The van der Waals surface area contributed by atoms with E-state index in [0.717, 1.165) is 0 Å². The second-order valence-electron chi connectivity index (χ2n) is 4.01. The summed E-state index contributed by atoms with van der Waals surface area (Å²) in [4.78, 5) is 0. The van der Waals surface area contributed by atoms with Crippen molar-refractivity contribution >= 4 is 33.0 Å². The van der Waals surface area contributed by atoms with Crippen molar-refractivity contribution in [1.29, 1.82) is 5.26 Å². The van der Waals surface area contributed by atoms with Crippen LogP contribution in [0.2, 0.25) is 0 Å². The van der Waals surface area contributed by atoms with Gasteiger partial charge in [0.15, 0.2) is 11.6 Å². The van der Waals surface area contributed by atoms with Crippen LogP contribution in [0.5, 0.6) is 5.75 Å². The Morgan fingerprint density at radius 2 is 2.05 bits per heavy atom. The Balaban J connectivity index is 2.37. The Morgan fingerprint density at radius 3 is 2.65 bits per heavy atom. The van der Waals surface area contributed by atoms with E-state index in [1.807, 2.05) is 6.07 Å². The van der Waals surface area contributed by atoms with Crippen molar-refractivity contribution in [2.24, 2.45) is 0 Å². The third-order valence-corrected chi connectivity index (χ3v) is 3.35. The Morgan fingerprint density at radius 1 is 1.30 bits per heavy atom. The maximum Gasteiger partial charge on any atom is 0.167 e. The molecule has 2 aromatic carbocycles. The summed E-state index contributed by atoms with van der Waals surface area (Å²) in [5.41, 5.74) is 7.81. The number of rotatable bonds is 3. The predicted molar refractivity (Wildman–Crippen MR) is 79.5 cm³/mol. The van der Waals surface area contributed by atoms with Crippen LogP contribution >= 0.6 is 15.9 Å². The zero-order valence-corrected chi connectivity index (χ0v) is 12.2. The molecule has 0 aromatic heterocycles. The van der Waals surface area contributed by atoms with Gasteiger partial charge < -0.3 is 15.8 Å². The van der Waals surface area contributed by atoms with Gasteiger partial charge in [0.05, 0.1) is 35.8 Å². The second kappa shape index (κ2) is 5.80. The summed E-state index contributed by atoms with van der Waals surface area (Å²) in [5, 5.41) is 11.9. The Bertz CT molecular complexity index is 698. The smallest absolute Gasteiger partial charge is 0.167 e. The second-order valence-corrected chi connectivity index (χ2v) is 4.86. The van der Waals surface area contributed by atoms with Crippen molar-refractivity contribution in [3.05, 3.63) is 46.2 Å². The quantitative estimate of drug-likeness (QED) is 0.837. The molecule has 3 N–H and O–H groups in total. The largest absolute Gasteiger partial charge is 0.494 e. The number of nitriles is 1. The summed E-state index contributed by atoms with van der Waals surface area (Å²) in [7, 11) is 1.38. The van der Waals surface area contributed by atoms with Crippen LogP contribution in [-0.2, 0) is 0 Å². The number of benzene rings is 2. The number of methoxy groups -OCH3 is 1. The van der Waals surface area contributed by atoms with Crippen molar-refractivity contribution in [3.8, 4) is 11.8 Å². The molecule has 2 rings (SSSR count). The summed E-state index contributed by atoms with van der Waals surface area (Å²) in [6.07, 6.45) is 0. The highest BCUT2D eigenvalue weighted by Gasteiger charge is 2.10.